The summed E-state index contributed by atoms with van der Waals surface area (Å²) in [6.07, 6.45) is 2.63. The lowest BCUT2D eigenvalue weighted by Gasteiger charge is -2.46. The lowest BCUT2D eigenvalue weighted by Crippen LogP contribution is -2.66. The van der Waals surface area contributed by atoms with Gasteiger partial charge in [0, 0.05) is 30.6 Å². The highest BCUT2D eigenvalue weighted by molar-refractivity contribution is 7.89. The minimum atomic E-state index is -3.75. The fourth-order valence-corrected chi connectivity index (χ4v) is 5.86. The second-order valence-corrected chi connectivity index (χ2v) is 9.98. The molecular weight excluding hydrogens is 430 g/mol. The standard InChI is InChI=1S/C20H24ClN3O5S/c1-2-9-29-15-11-18-19(25)23-8-7-14(10-17(23)20(26)24(18)12-15)22-30(27,28)16-5-3-13(21)4-6-16/h2-6,14-15,17-18,22H,1,7-12H2. The largest absolute Gasteiger partial charge is 0.372 e. The van der Waals surface area contributed by atoms with Gasteiger partial charge in [-0.15, -0.1) is 6.58 Å². The van der Waals surface area contributed by atoms with Crippen molar-refractivity contribution in [1.82, 2.24) is 14.5 Å². The Kier molecular flexibility index (Phi) is 5.89. The van der Waals surface area contributed by atoms with Gasteiger partial charge >= 0.3 is 0 Å². The number of hydrogen-bond acceptors (Lipinski definition) is 5. The first-order valence-electron chi connectivity index (χ1n) is 9.91. The molecule has 0 aliphatic carbocycles. The molecule has 3 saturated heterocycles. The first-order chi connectivity index (χ1) is 14.3. The molecule has 3 aliphatic heterocycles. The number of nitrogens with one attached hydrogen (secondary N) is 1. The molecule has 4 rings (SSSR count). The molecule has 4 unspecified atom stereocenters. The van der Waals surface area contributed by atoms with Crippen molar-refractivity contribution in [1.29, 1.82) is 0 Å². The van der Waals surface area contributed by atoms with Gasteiger partial charge < -0.3 is 14.5 Å². The third-order valence-corrected chi connectivity index (χ3v) is 7.69. The van der Waals surface area contributed by atoms with E-state index in [1.54, 1.807) is 15.9 Å². The summed E-state index contributed by atoms with van der Waals surface area (Å²) in [6, 6.07) is 4.32. The third kappa shape index (κ3) is 3.99. The average molecular weight is 454 g/mol. The van der Waals surface area contributed by atoms with Crippen LogP contribution in [0.2, 0.25) is 5.02 Å². The summed E-state index contributed by atoms with van der Waals surface area (Å²) >= 11 is 5.83. The van der Waals surface area contributed by atoms with E-state index in [4.69, 9.17) is 16.3 Å². The van der Waals surface area contributed by atoms with Crippen molar-refractivity contribution in [2.45, 2.75) is 48.4 Å². The van der Waals surface area contributed by atoms with Crippen LogP contribution >= 0.6 is 11.6 Å². The number of ether oxygens (including phenoxy) is 1. The highest BCUT2D eigenvalue weighted by Crippen LogP contribution is 2.33. The van der Waals surface area contributed by atoms with Crippen molar-refractivity contribution >= 4 is 33.4 Å². The van der Waals surface area contributed by atoms with Gasteiger partial charge in [-0.3, -0.25) is 9.59 Å². The fourth-order valence-electron chi connectivity index (χ4n) is 4.45. The Morgan fingerprint density at radius 3 is 2.50 bits per heavy atom. The van der Waals surface area contributed by atoms with E-state index in [9.17, 15) is 18.0 Å². The zero-order valence-corrected chi connectivity index (χ0v) is 17.9. The molecule has 1 aromatic carbocycles. The summed E-state index contributed by atoms with van der Waals surface area (Å²) in [7, 11) is -3.75. The molecule has 0 spiro atoms. The van der Waals surface area contributed by atoms with E-state index in [2.05, 4.69) is 11.3 Å². The number of carbonyl (C=O) groups excluding carboxylic acids is 2. The van der Waals surface area contributed by atoms with Gasteiger partial charge in [0.05, 0.1) is 17.6 Å². The number of sulfonamides is 1. The zero-order chi connectivity index (χ0) is 21.5. The van der Waals surface area contributed by atoms with Crippen LogP contribution < -0.4 is 4.72 Å². The normalized spacial score (nSPS) is 29.0. The van der Waals surface area contributed by atoms with Gasteiger partial charge in [0.2, 0.25) is 21.8 Å². The Balaban J connectivity index is 1.46. The summed E-state index contributed by atoms with van der Waals surface area (Å²) in [4.78, 5) is 29.4. The molecule has 2 amide bonds. The molecule has 0 bridgehead atoms. The van der Waals surface area contributed by atoms with Crippen LogP contribution in [0, 0.1) is 0 Å². The molecule has 8 nitrogen and oxygen atoms in total. The molecule has 3 heterocycles. The summed E-state index contributed by atoms with van der Waals surface area (Å²) in [5.41, 5.74) is 0. The predicted octanol–water partition coefficient (Wildman–Crippen LogP) is 1.16. The molecule has 4 atom stereocenters. The van der Waals surface area contributed by atoms with E-state index in [0.717, 1.165) is 0 Å². The molecule has 0 radical (unpaired) electrons. The fraction of sp³-hybridized carbons (Fsp3) is 0.500. The van der Waals surface area contributed by atoms with Crippen LogP contribution in [0.4, 0.5) is 0 Å². The summed E-state index contributed by atoms with van der Waals surface area (Å²) in [5.74, 6) is -0.219. The Hall–Kier alpha value is -1.94. The van der Waals surface area contributed by atoms with E-state index in [0.29, 0.717) is 37.6 Å². The van der Waals surface area contributed by atoms with Crippen LogP contribution in [-0.2, 0) is 24.3 Å². The Morgan fingerprint density at radius 2 is 1.80 bits per heavy atom. The van der Waals surface area contributed by atoms with Crippen molar-refractivity contribution in [3.63, 3.8) is 0 Å². The molecule has 162 valence electrons. The molecule has 0 aromatic heterocycles. The number of piperidine rings is 1. The Bertz CT molecular complexity index is 952. The van der Waals surface area contributed by atoms with E-state index < -0.39 is 28.1 Å². The van der Waals surface area contributed by atoms with E-state index >= 15 is 0 Å². The third-order valence-electron chi connectivity index (χ3n) is 5.90. The predicted molar refractivity (Wildman–Crippen MR) is 110 cm³/mol. The first kappa shape index (κ1) is 21.3. The quantitative estimate of drug-likeness (QED) is 0.652. The maximum atomic E-state index is 13.1. The zero-order valence-electron chi connectivity index (χ0n) is 16.4. The summed E-state index contributed by atoms with van der Waals surface area (Å²) < 4.78 is 33.7. The summed E-state index contributed by atoms with van der Waals surface area (Å²) in [6.45, 7) is 4.70. The van der Waals surface area contributed by atoms with E-state index in [1.807, 2.05) is 0 Å². The number of nitrogens with zero attached hydrogens (tertiary/aromatic N) is 2. The minimum Gasteiger partial charge on any atom is -0.372 e. The van der Waals surface area contributed by atoms with Crippen molar-refractivity contribution in [3.8, 4) is 0 Å². The van der Waals surface area contributed by atoms with E-state index in [1.165, 1.54) is 24.3 Å². The molecular formula is C20H24ClN3O5S. The second kappa shape index (κ2) is 8.30. The number of piperazine rings is 1. The first-order valence-corrected chi connectivity index (χ1v) is 11.8. The van der Waals surface area contributed by atoms with Crippen molar-refractivity contribution in [2.24, 2.45) is 0 Å². The van der Waals surface area contributed by atoms with E-state index in [-0.39, 0.29) is 29.2 Å². The van der Waals surface area contributed by atoms with Crippen LogP contribution in [0.5, 0.6) is 0 Å². The Morgan fingerprint density at radius 1 is 1.13 bits per heavy atom. The maximum Gasteiger partial charge on any atom is 0.246 e. The molecule has 1 aromatic rings. The topological polar surface area (TPSA) is 96.0 Å². The Labute approximate surface area is 180 Å². The number of amides is 2. The molecule has 3 fully saturated rings. The lowest BCUT2D eigenvalue weighted by atomic mass is 9.93. The van der Waals surface area contributed by atoms with Gasteiger partial charge in [-0.05, 0) is 37.1 Å². The molecule has 1 N–H and O–H groups in total. The molecule has 10 heteroatoms. The van der Waals surface area contributed by atoms with Crippen LogP contribution in [-0.4, -0.2) is 74.0 Å². The number of fused-ring (bicyclic) bond motifs is 2. The molecule has 3 aliphatic rings. The molecule has 30 heavy (non-hydrogen) atoms. The van der Waals surface area contributed by atoms with Crippen molar-refractivity contribution < 1.29 is 22.7 Å². The van der Waals surface area contributed by atoms with Gasteiger partial charge in [-0.25, -0.2) is 13.1 Å². The highest BCUT2D eigenvalue weighted by atomic mass is 35.5. The van der Waals surface area contributed by atoms with Crippen LogP contribution in [0.1, 0.15) is 19.3 Å². The lowest BCUT2D eigenvalue weighted by molar-refractivity contribution is -0.161. The summed E-state index contributed by atoms with van der Waals surface area (Å²) in [5, 5.41) is 0.448. The van der Waals surface area contributed by atoms with Gasteiger partial charge in [0.15, 0.2) is 0 Å². The highest BCUT2D eigenvalue weighted by Gasteiger charge is 2.52. The number of hydrogen-bond donors (Lipinski definition) is 1. The number of benzene rings is 1. The smallest absolute Gasteiger partial charge is 0.246 e. The molecule has 0 saturated carbocycles. The number of halogens is 1. The average Bonchev–Trinajstić information content (AvgIpc) is 3.15. The number of rotatable bonds is 6. The van der Waals surface area contributed by atoms with Crippen LogP contribution in [0.3, 0.4) is 0 Å². The second-order valence-electron chi connectivity index (χ2n) is 7.83. The monoisotopic (exact) mass is 453 g/mol. The van der Waals surface area contributed by atoms with Crippen molar-refractivity contribution in [2.75, 3.05) is 19.7 Å². The van der Waals surface area contributed by atoms with Gasteiger partial charge in [0.25, 0.3) is 0 Å². The van der Waals surface area contributed by atoms with Gasteiger partial charge in [0.1, 0.15) is 12.1 Å². The van der Waals surface area contributed by atoms with Crippen LogP contribution in [0.15, 0.2) is 41.8 Å². The van der Waals surface area contributed by atoms with Crippen LogP contribution in [0.25, 0.3) is 0 Å². The van der Waals surface area contributed by atoms with Gasteiger partial charge in [-0.2, -0.15) is 0 Å². The maximum absolute atomic E-state index is 13.1. The minimum absolute atomic E-state index is 0.0803. The SMILES string of the molecule is C=CCOC1CC2C(=O)N3CCC(NS(=O)(=O)c4ccc(Cl)cc4)CC3C(=O)N2C1. The number of carbonyl (C=O) groups is 2. The van der Waals surface area contributed by atoms with Crippen molar-refractivity contribution in [3.05, 3.63) is 41.9 Å². The van der Waals surface area contributed by atoms with Gasteiger partial charge in [-0.1, -0.05) is 17.7 Å².